The Morgan fingerprint density at radius 1 is 1.35 bits per heavy atom. The lowest BCUT2D eigenvalue weighted by molar-refractivity contribution is 0.0690. The van der Waals surface area contributed by atoms with E-state index in [1.54, 1.807) is 18.2 Å². The Labute approximate surface area is 113 Å². The molecule has 1 amide bonds. The second-order valence-corrected chi connectivity index (χ2v) is 4.24. The van der Waals surface area contributed by atoms with Crippen molar-refractivity contribution in [1.82, 2.24) is 10.2 Å². The van der Waals surface area contributed by atoms with E-state index in [-0.39, 0.29) is 17.3 Å². The van der Waals surface area contributed by atoms with Crippen LogP contribution in [0.15, 0.2) is 30.3 Å². The quantitative estimate of drug-likeness (QED) is 0.855. The van der Waals surface area contributed by atoms with Crippen LogP contribution in [0.1, 0.15) is 21.0 Å². The zero-order chi connectivity index (χ0) is 14.1. The summed E-state index contributed by atoms with van der Waals surface area (Å²) in [5.41, 5.74) is 0.609. The average molecular weight is 273 g/mol. The Hall–Kier alpha value is -2.83. The molecule has 1 aromatic heterocycles. The van der Waals surface area contributed by atoms with Gasteiger partial charge < -0.3 is 14.7 Å². The second kappa shape index (κ2) is 4.69. The third-order valence-electron chi connectivity index (χ3n) is 3.00. The average Bonchev–Trinajstić information content (AvgIpc) is 2.96. The van der Waals surface area contributed by atoms with E-state index in [9.17, 15) is 9.59 Å². The van der Waals surface area contributed by atoms with Crippen molar-refractivity contribution >= 4 is 17.6 Å². The third-order valence-corrected chi connectivity index (χ3v) is 3.00. The maximum absolute atomic E-state index is 12.4. The summed E-state index contributed by atoms with van der Waals surface area (Å²) < 4.78 is 5.47. The number of fused-ring (bicyclic) bond motifs is 1. The predicted molar refractivity (Wildman–Crippen MR) is 69.2 cm³/mol. The highest BCUT2D eigenvalue weighted by atomic mass is 16.5. The van der Waals surface area contributed by atoms with Gasteiger partial charge in [0.1, 0.15) is 18.1 Å². The monoisotopic (exact) mass is 273 g/mol. The summed E-state index contributed by atoms with van der Waals surface area (Å²) in [5, 5.41) is 14.9. The van der Waals surface area contributed by atoms with Crippen LogP contribution < -0.4 is 9.64 Å². The largest absolute Gasteiger partial charge is 0.490 e. The van der Waals surface area contributed by atoms with Gasteiger partial charge in [-0.1, -0.05) is 12.1 Å². The Balaban J connectivity index is 1.93. The van der Waals surface area contributed by atoms with Crippen LogP contribution in [0, 0.1) is 0 Å². The summed E-state index contributed by atoms with van der Waals surface area (Å²) in [4.78, 5) is 24.7. The molecule has 2 N–H and O–H groups in total. The molecular weight excluding hydrogens is 262 g/mol. The number of rotatable bonds is 2. The number of carboxylic acids is 1. The zero-order valence-corrected chi connectivity index (χ0v) is 10.4. The molecule has 20 heavy (non-hydrogen) atoms. The number of para-hydroxylation sites is 2. The van der Waals surface area contributed by atoms with E-state index < -0.39 is 5.97 Å². The molecule has 0 saturated carbocycles. The van der Waals surface area contributed by atoms with Crippen LogP contribution in [-0.2, 0) is 0 Å². The summed E-state index contributed by atoms with van der Waals surface area (Å²) in [7, 11) is 0. The van der Waals surface area contributed by atoms with Crippen molar-refractivity contribution in [3.63, 3.8) is 0 Å². The summed E-state index contributed by atoms with van der Waals surface area (Å²) in [6.45, 7) is 0.782. The van der Waals surface area contributed by atoms with Crippen molar-refractivity contribution in [2.24, 2.45) is 0 Å². The van der Waals surface area contributed by atoms with E-state index in [0.717, 1.165) is 0 Å². The molecule has 7 heteroatoms. The minimum absolute atomic E-state index is 0.0686. The first-order valence-electron chi connectivity index (χ1n) is 5.99. The molecule has 7 nitrogen and oxygen atoms in total. The van der Waals surface area contributed by atoms with Crippen molar-refractivity contribution in [3.05, 3.63) is 41.7 Å². The highest BCUT2D eigenvalue weighted by Gasteiger charge is 2.26. The molecule has 2 heterocycles. The number of aromatic nitrogens is 2. The molecule has 0 aliphatic carbocycles. The summed E-state index contributed by atoms with van der Waals surface area (Å²) in [6.07, 6.45) is 0. The fourth-order valence-electron chi connectivity index (χ4n) is 2.06. The van der Waals surface area contributed by atoms with Gasteiger partial charge in [0.15, 0.2) is 5.69 Å². The lowest BCUT2D eigenvalue weighted by Gasteiger charge is -2.28. The van der Waals surface area contributed by atoms with E-state index in [0.29, 0.717) is 24.6 Å². The highest BCUT2D eigenvalue weighted by molar-refractivity contribution is 6.06. The Kier molecular flexibility index (Phi) is 2.86. The van der Waals surface area contributed by atoms with Crippen molar-refractivity contribution in [3.8, 4) is 5.75 Å². The molecule has 1 aliphatic heterocycles. The van der Waals surface area contributed by atoms with E-state index in [2.05, 4.69) is 10.2 Å². The molecule has 2 aromatic rings. The minimum Gasteiger partial charge on any atom is -0.490 e. The van der Waals surface area contributed by atoms with E-state index >= 15 is 0 Å². The van der Waals surface area contributed by atoms with Gasteiger partial charge >= 0.3 is 5.97 Å². The van der Waals surface area contributed by atoms with Crippen molar-refractivity contribution in [2.45, 2.75) is 0 Å². The number of hydrogen-bond donors (Lipinski definition) is 2. The van der Waals surface area contributed by atoms with Crippen LogP contribution in [-0.4, -0.2) is 40.3 Å². The minimum atomic E-state index is -1.15. The highest BCUT2D eigenvalue weighted by Crippen LogP contribution is 2.31. The van der Waals surface area contributed by atoms with Gasteiger partial charge in [-0.3, -0.25) is 9.89 Å². The predicted octanol–water partition coefficient (Wildman–Crippen LogP) is 1.15. The van der Waals surface area contributed by atoms with Crippen LogP contribution in [0.5, 0.6) is 5.75 Å². The number of H-pyrrole nitrogens is 1. The second-order valence-electron chi connectivity index (χ2n) is 4.24. The topological polar surface area (TPSA) is 95.5 Å². The van der Waals surface area contributed by atoms with Gasteiger partial charge in [-0.05, 0) is 12.1 Å². The fraction of sp³-hybridized carbons (Fsp3) is 0.154. The van der Waals surface area contributed by atoms with Crippen molar-refractivity contribution in [1.29, 1.82) is 0 Å². The zero-order valence-electron chi connectivity index (χ0n) is 10.4. The first-order valence-corrected chi connectivity index (χ1v) is 5.99. The molecule has 0 saturated heterocycles. The fourth-order valence-corrected chi connectivity index (χ4v) is 2.06. The maximum Gasteiger partial charge on any atom is 0.353 e. The number of nitrogens with zero attached hydrogens (tertiary/aromatic N) is 2. The normalized spacial score (nSPS) is 13.5. The van der Waals surface area contributed by atoms with Crippen LogP contribution in [0.3, 0.4) is 0 Å². The molecule has 0 spiro atoms. The first-order chi connectivity index (χ1) is 9.66. The Morgan fingerprint density at radius 2 is 2.15 bits per heavy atom. The molecule has 3 rings (SSSR count). The molecule has 0 bridgehead atoms. The van der Waals surface area contributed by atoms with Gasteiger partial charge in [-0.2, -0.15) is 5.10 Å². The molecule has 0 fully saturated rings. The number of carbonyl (C=O) groups excluding carboxylic acids is 1. The maximum atomic E-state index is 12.4. The van der Waals surface area contributed by atoms with Gasteiger partial charge in [-0.15, -0.1) is 0 Å². The van der Waals surface area contributed by atoms with Gasteiger partial charge in [0, 0.05) is 6.07 Å². The van der Waals surface area contributed by atoms with Crippen molar-refractivity contribution < 1.29 is 19.4 Å². The number of amides is 1. The smallest absolute Gasteiger partial charge is 0.353 e. The van der Waals surface area contributed by atoms with E-state index in [4.69, 9.17) is 9.84 Å². The van der Waals surface area contributed by atoms with Crippen LogP contribution >= 0.6 is 0 Å². The SMILES string of the molecule is O=C(O)c1cc(C(=O)N2CCOc3ccccc32)n[nH]1. The first kappa shape index (κ1) is 12.2. The number of carboxylic acid groups (broad SMARTS) is 1. The molecular formula is C13H11N3O4. The lowest BCUT2D eigenvalue weighted by Crippen LogP contribution is -2.38. The number of aromatic amines is 1. The van der Waals surface area contributed by atoms with Crippen molar-refractivity contribution in [2.75, 3.05) is 18.1 Å². The third kappa shape index (κ3) is 1.99. The Morgan fingerprint density at radius 3 is 2.90 bits per heavy atom. The number of anilines is 1. The number of carbonyl (C=O) groups is 2. The van der Waals surface area contributed by atoms with Gasteiger partial charge in [-0.25, -0.2) is 4.79 Å². The molecule has 1 aliphatic rings. The summed E-state index contributed by atoms with van der Waals surface area (Å²) >= 11 is 0. The number of aromatic carboxylic acids is 1. The van der Waals surface area contributed by atoms with E-state index in [1.807, 2.05) is 6.07 Å². The van der Waals surface area contributed by atoms with Crippen LogP contribution in [0.25, 0.3) is 0 Å². The summed E-state index contributed by atoms with van der Waals surface area (Å²) in [6, 6.07) is 8.41. The van der Waals surface area contributed by atoms with Crippen LogP contribution in [0.2, 0.25) is 0 Å². The number of ether oxygens (including phenoxy) is 1. The van der Waals surface area contributed by atoms with Gasteiger partial charge in [0.2, 0.25) is 0 Å². The number of nitrogens with one attached hydrogen (secondary N) is 1. The molecule has 0 radical (unpaired) electrons. The lowest BCUT2D eigenvalue weighted by atomic mass is 10.2. The number of benzene rings is 1. The molecule has 102 valence electrons. The van der Waals surface area contributed by atoms with Gasteiger partial charge in [0.25, 0.3) is 5.91 Å². The van der Waals surface area contributed by atoms with E-state index in [1.165, 1.54) is 11.0 Å². The standard InChI is InChI=1S/C13H11N3O4/c17-12(8-7-9(13(18)19)15-14-8)16-5-6-20-11-4-2-1-3-10(11)16/h1-4,7H,5-6H2,(H,14,15)(H,18,19). The molecule has 1 aromatic carbocycles. The van der Waals surface area contributed by atoms with Crippen LogP contribution in [0.4, 0.5) is 5.69 Å². The summed E-state index contributed by atoms with van der Waals surface area (Å²) in [5.74, 6) is -0.885. The Bertz CT molecular complexity index is 680. The molecule has 0 atom stereocenters. The van der Waals surface area contributed by atoms with Gasteiger partial charge in [0.05, 0.1) is 12.2 Å². The number of hydrogen-bond acceptors (Lipinski definition) is 4. The molecule has 0 unspecified atom stereocenters.